The van der Waals surface area contributed by atoms with Crippen LogP contribution in [0.3, 0.4) is 0 Å². The zero-order valence-corrected chi connectivity index (χ0v) is 12.1. The second-order valence-electron chi connectivity index (χ2n) is 5.43. The number of rotatable bonds is 4. The molecule has 0 spiro atoms. The Morgan fingerprint density at radius 2 is 1.70 bits per heavy atom. The number of hydrogen-bond donors (Lipinski definition) is 1. The van der Waals surface area contributed by atoms with Gasteiger partial charge in [0.25, 0.3) is 0 Å². The van der Waals surface area contributed by atoms with E-state index in [1.54, 1.807) is 26.0 Å². The molecule has 0 aliphatic rings. The second-order valence-corrected chi connectivity index (χ2v) is 5.84. The van der Waals surface area contributed by atoms with E-state index in [1.807, 2.05) is 24.3 Å². The molecular formula is C16H15ClO3. The summed E-state index contributed by atoms with van der Waals surface area (Å²) in [4.78, 5) is 23.5. The lowest BCUT2D eigenvalue weighted by atomic mass is 9.85. The van der Waals surface area contributed by atoms with E-state index in [4.69, 9.17) is 16.7 Å². The van der Waals surface area contributed by atoms with Gasteiger partial charge >= 0.3 is 5.97 Å². The molecule has 104 valence electrons. The Morgan fingerprint density at radius 3 is 2.30 bits per heavy atom. The molecule has 0 bridgehead atoms. The van der Waals surface area contributed by atoms with Gasteiger partial charge in [0, 0.05) is 22.4 Å². The standard InChI is InChI=1S/C16H15ClO3/c1-16(2,15(19)20)9-14(18)12-7-8-13(17)11-6-4-3-5-10(11)12/h3-8H,9H2,1-2H3,(H,19,20). The first-order valence-electron chi connectivity index (χ1n) is 6.27. The lowest BCUT2D eigenvalue weighted by Crippen LogP contribution is -2.27. The third kappa shape index (κ3) is 2.68. The van der Waals surface area contributed by atoms with Crippen molar-refractivity contribution >= 4 is 34.1 Å². The van der Waals surface area contributed by atoms with E-state index in [1.165, 1.54) is 0 Å². The molecule has 0 radical (unpaired) electrons. The number of hydrogen-bond acceptors (Lipinski definition) is 2. The Labute approximate surface area is 122 Å². The minimum atomic E-state index is -1.09. The molecule has 0 amide bonds. The Morgan fingerprint density at radius 1 is 1.10 bits per heavy atom. The van der Waals surface area contributed by atoms with Crippen molar-refractivity contribution in [1.29, 1.82) is 0 Å². The van der Waals surface area contributed by atoms with Crippen LogP contribution >= 0.6 is 11.6 Å². The summed E-state index contributed by atoms with van der Waals surface area (Å²) in [6.45, 7) is 3.09. The lowest BCUT2D eigenvalue weighted by Gasteiger charge is -2.18. The summed E-state index contributed by atoms with van der Waals surface area (Å²) in [5.41, 5.74) is -0.572. The van der Waals surface area contributed by atoms with Crippen LogP contribution in [0.15, 0.2) is 36.4 Å². The highest BCUT2D eigenvalue weighted by Crippen LogP contribution is 2.30. The van der Waals surface area contributed by atoms with Gasteiger partial charge in [0.2, 0.25) is 0 Å². The summed E-state index contributed by atoms with van der Waals surface area (Å²) in [5.74, 6) is -1.17. The monoisotopic (exact) mass is 290 g/mol. The van der Waals surface area contributed by atoms with Crippen LogP contribution in [0.25, 0.3) is 10.8 Å². The fourth-order valence-electron chi connectivity index (χ4n) is 2.08. The fourth-order valence-corrected chi connectivity index (χ4v) is 2.31. The molecule has 2 rings (SSSR count). The van der Waals surface area contributed by atoms with E-state index in [2.05, 4.69) is 0 Å². The Kier molecular flexibility index (Phi) is 3.82. The molecular weight excluding hydrogens is 276 g/mol. The Hall–Kier alpha value is -1.87. The smallest absolute Gasteiger partial charge is 0.309 e. The minimum Gasteiger partial charge on any atom is -0.481 e. The maximum absolute atomic E-state index is 12.4. The maximum Gasteiger partial charge on any atom is 0.309 e. The molecule has 0 atom stereocenters. The molecule has 3 nitrogen and oxygen atoms in total. The molecule has 0 aliphatic carbocycles. The summed E-state index contributed by atoms with van der Waals surface area (Å²) in [6.07, 6.45) is -0.0477. The predicted molar refractivity (Wildman–Crippen MR) is 79.3 cm³/mol. The summed E-state index contributed by atoms with van der Waals surface area (Å²) >= 11 is 6.11. The molecule has 0 heterocycles. The quantitative estimate of drug-likeness (QED) is 0.860. The van der Waals surface area contributed by atoms with E-state index in [0.29, 0.717) is 10.6 Å². The molecule has 0 aromatic heterocycles. The van der Waals surface area contributed by atoms with Gasteiger partial charge in [0.15, 0.2) is 5.78 Å². The topological polar surface area (TPSA) is 54.4 Å². The zero-order valence-electron chi connectivity index (χ0n) is 11.3. The lowest BCUT2D eigenvalue weighted by molar-refractivity contribution is -0.146. The molecule has 0 saturated carbocycles. The predicted octanol–water partition coefficient (Wildman–Crippen LogP) is 4.18. The van der Waals surface area contributed by atoms with Crippen molar-refractivity contribution < 1.29 is 14.7 Å². The number of carbonyl (C=O) groups is 2. The van der Waals surface area contributed by atoms with Gasteiger partial charge in [0.05, 0.1) is 5.41 Å². The number of aliphatic carboxylic acids is 1. The van der Waals surface area contributed by atoms with Crippen molar-refractivity contribution in [2.45, 2.75) is 20.3 Å². The van der Waals surface area contributed by atoms with E-state index >= 15 is 0 Å². The molecule has 0 saturated heterocycles. The van der Waals surface area contributed by atoms with Gasteiger partial charge < -0.3 is 5.11 Å². The number of ketones is 1. The van der Waals surface area contributed by atoms with E-state index < -0.39 is 11.4 Å². The summed E-state index contributed by atoms with van der Waals surface area (Å²) in [5, 5.41) is 11.3. The van der Waals surface area contributed by atoms with Crippen molar-refractivity contribution in [2.24, 2.45) is 5.41 Å². The van der Waals surface area contributed by atoms with Gasteiger partial charge in [-0.1, -0.05) is 35.9 Å². The van der Waals surface area contributed by atoms with Crippen LogP contribution in [0.1, 0.15) is 30.6 Å². The molecule has 0 fully saturated rings. The second kappa shape index (κ2) is 5.25. The molecule has 4 heteroatoms. The number of carbonyl (C=O) groups excluding carboxylic acids is 1. The summed E-state index contributed by atoms with van der Waals surface area (Å²) in [7, 11) is 0. The highest BCUT2D eigenvalue weighted by atomic mass is 35.5. The van der Waals surface area contributed by atoms with Crippen LogP contribution in [0.4, 0.5) is 0 Å². The first kappa shape index (κ1) is 14.5. The molecule has 20 heavy (non-hydrogen) atoms. The fraction of sp³-hybridized carbons (Fsp3) is 0.250. The van der Waals surface area contributed by atoms with Crippen LogP contribution in [0, 0.1) is 5.41 Å². The van der Waals surface area contributed by atoms with Gasteiger partial charge in [-0.3, -0.25) is 9.59 Å². The van der Waals surface area contributed by atoms with Crippen LogP contribution in [0.2, 0.25) is 5.02 Å². The minimum absolute atomic E-state index is 0.0477. The molecule has 1 N–H and O–H groups in total. The first-order valence-corrected chi connectivity index (χ1v) is 6.64. The van der Waals surface area contributed by atoms with Crippen LogP contribution in [-0.4, -0.2) is 16.9 Å². The van der Waals surface area contributed by atoms with Gasteiger partial charge in [-0.25, -0.2) is 0 Å². The van der Waals surface area contributed by atoms with Crippen molar-refractivity contribution in [3.63, 3.8) is 0 Å². The average molecular weight is 291 g/mol. The third-order valence-electron chi connectivity index (χ3n) is 3.35. The normalized spacial score (nSPS) is 11.6. The number of carboxylic acid groups (broad SMARTS) is 1. The highest BCUT2D eigenvalue weighted by molar-refractivity contribution is 6.36. The first-order chi connectivity index (χ1) is 9.33. The molecule has 2 aromatic rings. The molecule has 0 aliphatic heterocycles. The zero-order chi connectivity index (χ0) is 14.9. The molecule has 2 aromatic carbocycles. The van der Waals surface area contributed by atoms with Gasteiger partial charge in [-0.05, 0) is 31.4 Å². The summed E-state index contributed by atoms with van der Waals surface area (Å²) < 4.78 is 0. The van der Waals surface area contributed by atoms with Crippen LogP contribution in [-0.2, 0) is 4.79 Å². The average Bonchev–Trinajstić information content (AvgIpc) is 2.38. The van der Waals surface area contributed by atoms with E-state index in [9.17, 15) is 9.59 Å². The van der Waals surface area contributed by atoms with Gasteiger partial charge in [-0.15, -0.1) is 0 Å². The van der Waals surface area contributed by atoms with E-state index in [-0.39, 0.29) is 12.2 Å². The number of Topliss-reactive ketones (excluding diaryl/α,β-unsaturated/α-hetero) is 1. The molecule has 0 unspecified atom stereocenters. The SMILES string of the molecule is CC(C)(CC(=O)c1ccc(Cl)c2ccccc12)C(=O)O. The number of fused-ring (bicyclic) bond motifs is 1. The van der Waals surface area contributed by atoms with Crippen molar-refractivity contribution in [1.82, 2.24) is 0 Å². The highest BCUT2D eigenvalue weighted by Gasteiger charge is 2.31. The van der Waals surface area contributed by atoms with Gasteiger partial charge in [-0.2, -0.15) is 0 Å². The maximum atomic E-state index is 12.4. The Balaban J connectivity index is 2.46. The Bertz CT molecular complexity index is 689. The number of carboxylic acids is 1. The van der Waals surface area contributed by atoms with Crippen molar-refractivity contribution in [2.75, 3.05) is 0 Å². The number of benzene rings is 2. The van der Waals surface area contributed by atoms with Crippen molar-refractivity contribution in [3.8, 4) is 0 Å². The van der Waals surface area contributed by atoms with Crippen LogP contribution < -0.4 is 0 Å². The van der Waals surface area contributed by atoms with Crippen LogP contribution in [0.5, 0.6) is 0 Å². The number of halogens is 1. The largest absolute Gasteiger partial charge is 0.481 e. The van der Waals surface area contributed by atoms with Gasteiger partial charge in [0.1, 0.15) is 0 Å². The van der Waals surface area contributed by atoms with E-state index in [0.717, 1.165) is 10.8 Å². The summed E-state index contributed by atoms with van der Waals surface area (Å²) in [6, 6.07) is 10.7. The third-order valence-corrected chi connectivity index (χ3v) is 3.68. The van der Waals surface area contributed by atoms with Crippen molar-refractivity contribution in [3.05, 3.63) is 47.0 Å².